The lowest BCUT2D eigenvalue weighted by Gasteiger charge is -2.19. The molecule has 0 unspecified atom stereocenters. The van der Waals surface area contributed by atoms with E-state index < -0.39 is 11.7 Å². The van der Waals surface area contributed by atoms with Crippen molar-refractivity contribution in [3.63, 3.8) is 0 Å². The van der Waals surface area contributed by atoms with Crippen molar-refractivity contribution >= 4 is 34.9 Å². The fraction of sp³-hybridized carbons (Fsp3) is 0.448. The molecule has 2 aromatic heterocycles. The maximum atomic E-state index is 12.0. The van der Waals surface area contributed by atoms with Crippen molar-refractivity contribution in [3.8, 4) is 11.5 Å². The Hall–Kier alpha value is -3.86. The number of carbonyl (C=O) groups excluding carboxylic acids is 1. The molecule has 2 heterocycles. The van der Waals surface area contributed by atoms with Gasteiger partial charge in [0.2, 0.25) is 0 Å². The van der Waals surface area contributed by atoms with Crippen LogP contribution in [-0.2, 0) is 17.7 Å². The van der Waals surface area contributed by atoms with E-state index in [1.54, 1.807) is 13.3 Å². The second-order valence-corrected chi connectivity index (χ2v) is 10.7. The number of amides is 1. The topological polar surface area (TPSA) is 112 Å². The Labute approximate surface area is 241 Å². The molecule has 0 aliphatic carbocycles. The fourth-order valence-corrected chi connectivity index (χ4v) is 4.05. The molecule has 3 N–H and O–H groups in total. The van der Waals surface area contributed by atoms with Crippen LogP contribution in [0, 0.1) is 6.92 Å². The first-order valence-electron chi connectivity index (χ1n) is 13.4. The van der Waals surface area contributed by atoms with Gasteiger partial charge in [-0.2, -0.15) is 0 Å². The van der Waals surface area contributed by atoms with Gasteiger partial charge in [-0.15, -0.1) is 0 Å². The van der Waals surface area contributed by atoms with Crippen molar-refractivity contribution in [2.75, 3.05) is 30.9 Å². The molecule has 3 aromatic rings. The fourth-order valence-electron chi connectivity index (χ4n) is 3.83. The lowest BCUT2D eigenvalue weighted by atomic mass is 10.1. The van der Waals surface area contributed by atoms with Crippen molar-refractivity contribution in [2.45, 2.75) is 65.5 Å². The summed E-state index contributed by atoms with van der Waals surface area (Å²) in [4.78, 5) is 20.3. The van der Waals surface area contributed by atoms with Crippen molar-refractivity contribution in [1.29, 1.82) is 0 Å². The number of ether oxygens (including phenoxy) is 3. The van der Waals surface area contributed by atoms with Crippen LogP contribution in [0.2, 0.25) is 0 Å². The normalized spacial score (nSPS) is 11.0. The molecule has 1 aromatic carbocycles. The Morgan fingerprint density at radius 2 is 1.90 bits per heavy atom. The standard InChI is InChI=1S/C29H40N6O4S/c1-21-19-30-20-35(21)15-8-13-32-27(40)33-23-10-11-24(25(18-23)37-5)38-16-7-6-9-22-12-14-31-26(17-22)34-28(36)39-29(2,3)4/h10-12,14,17-20H,6-9,13,15-16H2,1-5H3,(H,31,34,36)(H2,32,33,40). The van der Waals surface area contributed by atoms with Gasteiger partial charge in [0.05, 0.1) is 20.0 Å². The van der Waals surface area contributed by atoms with Gasteiger partial charge in [0.15, 0.2) is 16.6 Å². The summed E-state index contributed by atoms with van der Waals surface area (Å²) in [6, 6.07) is 9.46. The number of hydrogen-bond acceptors (Lipinski definition) is 7. The van der Waals surface area contributed by atoms with E-state index >= 15 is 0 Å². The van der Waals surface area contributed by atoms with Crippen LogP contribution < -0.4 is 25.4 Å². The lowest BCUT2D eigenvalue weighted by Crippen LogP contribution is -2.29. The van der Waals surface area contributed by atoms with Gasteiger partial charge in [0, 0.05) is 42.9 Å². The molecular formula is C29H40N6O4S. The number of hydrogen-bond donors (Lipinski definition) is 3. The highest BCUT2D eigenvalue weighted by atomic mass is 32.1. The molecule has 0 atom stereocenters. The quantitative estimate of drug-likeness (QED) is 0.176. The minimum atomic E-state index is -0.563. The highest BCUT2D eigenvalue weighted by Crippen LogP contribution is 2.30. The van der Waals surface area contributed by atoms with Crippen LogP contribution in [0.15, 0.2) is 49.1 Å². The molecule has 0 saturated heterocycles. The number of anilines is 2. The lowest BCUT2D eigenvalue weighted by molar-refractivity contribution is 0.0635. The largest absolute Gasteiger partial charge is 0.493 e. The van der Waals surface area contributed by atoms with E-state index in [9.17, 15) is 4.79 Å². The number of pyridine rings is 1. The van der Waals surface area contributed by atoms with Crippen LogP contribution in [0.5, 0.6) is 11.5 Å². The molecule has 0 saturated carbocycles. The Balaban J connectivity index is 1.37. The third-order valence-electron chi connectivity index (χ3n) is 5.77. The molecule has 0 radical (unpaired) electrons. The summed E-state index contributed by atoms with van der Waals surface area (Å²) >= 11 is 5.43. The Kier molecular flexibility index (Phi) is 11.6. The van der Waals surface area contributed by atoms with Gasteiger partial charge in [0.25, 0.3) is 0 Å². The van der Waals surface area contributed by atoms with E-state index in [1.807, 2.05) is 70.6 Å². The van der Waals surface area contributed by atoms with E-state index in [0.29, 0.717) is 29.0 Å². The van der Waals surface area contributed by atoms with E-state index in [4.69, 9.17) is 26.4 Å². The third kappa shape index (κ3) is 10.7. The van der Waals surface area contributed by atoms with Crippen LogP contribution in [0.4, 0.5) is 16.3 Å². The van der Waals surface area contributed by atoms with E-state index in [1.165, 1.54) is 0 Å². The molecule has 0 aliphatic heterocycles. The van der Waals surface area contributed by atoms with Gasteiger partial charge in [-0.3, -0.25) is 5.32 Å². The van der Waals surface area contributed by atoms with Gasteiger partial charge in [-0.05, 0) is 95.4 Å². The summed E-state index contributed by atoms with van der Waals surface area (Å²) in [5.74, 6) is 1.78. The summed E-state index contributed by atoms with van der Waals surface area (Å²) in [5, 5.41) is 9.66. The number of aryl methyl sites for hydroxylation is 3. The third-order valence-corrected chi connectivity index (χ3v) is 6.02. The Morgan fingerprint density at radius 3 is 2.62 bits per heavy atom. The zero-order valence-electron chi connectivity index (χ0n) is 24.0. The Morgan fingerprint density at radius 1 is 1.07 bits per heavy atom. The molecule has 0 spiro atoms. The SMILES string of the molecule is COc1cc(NC(=S)NCCCn2cncc2C)ccc1OCCCCc1ccnc(NC(=O)OC(C)(C)C)c1. The molecule has 11 heteroatoms. The van der Waals surface area contributed by atoms with Gasteiger partial charge in [0.1, 0.15) is 11.4 Å². The zero-order valence-corrected chi connectivity index (χ0v) is 24.8. The van der Waals surface area contributed by atoms with Crippen molar-refractivity contribution in [3.05, 3.63) is 60.3 Å². The number of nitrogens with one attached hydrogen (secondary N) is 3. The summed E-state index contributed by atoms with van der Waals surface area (Å²) in [5.41, 5.74) is 2.48. The van der Waals surface area contributed by atoms with Gasteiger partial charge < -0.3 is 29.4 Å². The molecule has 10 nitrogen and oxygen atoms in total. The molecule has 3 rings (SSSR count). The van der Waals surface area contributed by atoms with Crippen molar-refractivity contribution < 1.29 is 19.0 Å². The monoisotopic (exact) mass is 568 g/mol. The Bertz CT molecular complexity index is 1260. The second-order valence-electron chi connectivity index (χ2n) is 10.3. The van der Waals surface area contributed by atoms with Gasteiger partial charge >= 0.3 is 6.09 Å². The number of aromatic nitrogens is 3. The summed E-state index contributed by atoms with van der Waals surface area (Å²) in [7, 11) is 1.62. The van der Waals surface area contributed by atoms with Crippen LogP contribution in [-0.4, -0.2) is 51.6 Å². The molecule has 1 amide bonds. The highest BCUT2D eigenvalue weighted by molar-refractivity contribution is 7.80. The van der Waals surface area contributed by atoms with Crippen LogP contribution in [0.25, 0.3) is 0 Å². The molecule has 40 heavy (non-hydrogen) atoms. The molecule has 216 valence electrons. The predicted molar refractivity (Wildman–Crippen MR) is 161 cm³/mol. The minimum absolute atomic E-state index is 0.473. The smallest absolute Gasteiger partial charge is 0.413 e. The number of thiocarbonyl (C=S) groups is 1. The number of benzene rings is 1. The maximum absolute atomic E-state index is 12.0. The van der Waals surface area contributed by atoms with Crippen LogP contribution in [0.1, 0.15) is 51.3 Å². The number of imidazole rings is 1. The number of methoxy groups -OCH3 is 1. The number of unbranched alkanes of at least 4 members (excludes halogenated alkanes) is 1. The second kappa shape index (κ2) is 15.1. The highest BCUT2D eigenvalue weighted by Gasteiger charge is 2.16. The summed E-state index contributed by atoms with van der Waals surface area (Å²) < 4.78 is 18.9. The molecule has 0 fully saturated rings. The van der Waals surface area contributed by atoms with Crippen molar-refractivity contribution in [1.82, 2.24) is 19.9 Å². The van der Waals surface area contributed by atoms with E-state index in [-0.39, 0.29) is 0 Å². The first-order valence-corrected chi connectivity index (χ1v) is 13.8. The van der Waals surface area contributed by atoms with Gasteiger partial charge in [-0.1, -0.05) is 0 Å². The first kappa shape index (κ1) is 30.7. The van der Waals surface area contributed by atoms with Crippen molar-refractivity contribution in [2.24, 2.45) is 0 Å². The summed E-state index contributed by atoms with van der Waals surface area (Å²) in [6.45, 7) is 9.69. The number of nitrogens with zero attached hydrogens (tertiary/aromatic N) is 3. The first-order chi connectivity index (χ1) is 19.1. The average Bonchev–Trinajstić information content (AvgIpc) is 3.30. The number of carbonyl (C=O) groups is 1. The van der Waals surface area contributed by atoms with E-state index in [2.05, 4.69) is 30.5 Å². The maximum Gasteiger partial charge on any atom is 0.413 e. The number of rotatable bonds is 13. The molecular weight excluding hydrogens is 528 g/mol. The van der Waals surface area contributed by atoms with E-state index in [0.717, 1.165) is 55.7 Å². The van der Waals surface area contributed by atoms with Crippen LogP contribution >= 0.6 is 12.2 Å². The van der Waals surface area contributed by atoms with Gasteiger partial charge in [-0.25, -0.2) is 14.8 Å². The average molecular weight is 569 g/mol. The molecule has 0 bridgehead atoms. The van der Waals surface area contributed by atoms with Crippen LogP contribution in [0.3, 0.4) is 0 Å². The minimum Gasteiger partial charge on any atom is -0.493 e. The zero-order chi connectivity index (χ0) is 29.0. The summed E-state index contributed by atoms with van der Waals surface area (Å²) in [6.07, 6.45) is 8.39. The molecule has 0 aliphatic rings. The predicted octanol–water partition coefficient (Wildman–Crippen LogP) is 5.72.